The van der Waals surface area contributed by atoms with Gasteiger partial charge < -0.3 is 4.74 Å². The Labute approximate surface area is 88.0 Å². The number of ether oxygens (including phenoxy) is 1. The molecule has 0 amide bonds. The van der Waals surface area contributed by atoms with Crippen LogP contribution >= 0.6 is 0 Å². The molecular formula is C10H16F3NO. The van der Waals surface area contributed by atoms with Crippen LogP contribution in [0, 0.1) is 23.2 Å². The predicted octanol–water partition coefficient (Wildman–Crippen LogP) is 3.14. The summed E-state index contributed by atoms with van der Waals surface area (Å²) in [5.41, 5.74) is 0. The number of alkyl halides is 3. The standard InChI is InChI=1S/C10H16F3NO/c1-3-4-8(2)6-15-7-9(5-14)10(11,12)13/h8-9H,3-4,6-7H2,1-2H3. The molecule has 15 heavy (non-hydrogen) atoms. The average Bonchev–Trinajstić information content (AvgIpc) is 2.10. The quantitative estimate of drug-likeness (QED) is 0.693. The zero-order valence-electron chi connectivity index (χ0n) is 8.97. The van der Waals surface area contributed by atoms with Gasteiger partial charge in [0.05, 0.1) is 12.7 Å². The summed E-state index contributed by atoms with van der Waals surface area (Å²) in [5, 5.41) is 8.28. The lowest BCUT2D eigenvalue weighted by molar-refractivity contribution is -0.172. The van der Waals surface area contributed by atoms with Crippen molar-refractivity contribution in [3.05, 3.63) is 0 Å². The van der Waals surface area contributed by atoms with E-state index in [9.17, 15) is 13.2 Å². The fourth-order valence-corrected chi connectivity index (χ4v) is 1.17. The molecule has 2 unspecified atom stereocenters. The average molecular weight is 223 g/mol. The fraction of sp³-hybridized carbons (Fsp3) is 0.900. The third-order valence-corrected chi connectivity index (χ3v) is 2.02. The van der Waals surface area contributed by atoms with E-state index in [0.29, 0.717) is 0 Å². The molecule has 88 valence electrons. The van der Waals surface area contributed by atoms with E-state index in [1.807, 2.05) is 13.8 Å². The monoisotopic (exact) mass is 223 g/mol. The summed E-state index contributed by atoms with van der Waals surface area (Å²) in [7, 11) is 0. The van der Waals surface area contributed by atoms with Crippen LogP contribution in [0.25, 0.3) is 0 Å². The number of hydrogen-bond acceptors (Lipinski definition) is 2. The zero-order chi connectivity index (χ0) is 11.9. The normalized spacial score (nSPS) is 15.7. The molecule has 0 N–H and O–H groups in total. The summed E-state index contributed by atoms with van der Waals surface area (Å²) < 4.78 is 41.2. The third-order valence-electron chi connectivity index (χ3n) is 2.02. The van der Waals surface area contributed by atoms with Crippen molar-refractivity contribution in [2.75, 3.05) is 13.2 Å². The van der Waals surface area contributed by atoms with Crippen molar-refractivity contribution in [2.24, 2.45) is 11.8 Å². The van der Waals surface area contributed by atoms with Gasteiger partial charge in [-0.15, -0.1) is 0 Å². The van der Waals surface area contributed by atoms with Crippen LogP contribution in [0.4, 0.5) is 13.2 Å². The lowest BCUT2D eigenvalue weighted by Crippen LogP contribution is -2.26. The Kier molecular flexibility index (Phi) is 6.34. The van der Waals surface area contributed by atoms with Crippen molar-refractivity contribution >= 4 is 0 Å². The van der Waals surface area contributed by atoms with Crippen LogP contribution in [0.5, 0.6) is 0 Å². The molecule has 0 aliphatic rings. The van der Waals surface area contributed by atoms with Crippen molar-refractivity contribution < 1.29 is 17.9 Å². The minimum absolute atomic E-state index is 0.238. The van der Waals surface area contributed by atoms with Gasteiger partial charge in [-0.3, -0.25) is 0 Å². The Balaban J connectivity index is 3.80. The van der Waals surface area contributed by atoms with Crippen LogP contribution in [-0.4, -0.2) is 19.4 Å². The molecule has 2 nitrogen and oxygen atoms in total. The molecule has 0 aliphatic carbocycles. The molecule has 0 aliphatic heterocycles. The van der Waals surface area contributed by atoms with Gasteiger partial charge in [0.2, 0.25) is 0 Å². The van der Waals surface area contributed by atoms with E-state index >= 15 is 0 Å². The van der Waals surface area contributed by atoms with Gasteiger partial charge in [0.25, 0.3) is 0 Å². The maximum atomic E-state index is 12.1. The Morgan fingerprint density at radius 2 is 1.93 bits per heavy atom. The maximum Gasteiger partial charge on any atom is 0.406 e. The minimum atomic E-state index is -4.48. The van der Waals surface area contributed by atoms with Gasteiger partial charge in [-0.25, -0.2) is 0 Å². The topological polar surface area (TPSA) is 33.0 Å². The lowest BCUT2D eigenvalue weighted by atomic mass is 10.1. The van der Waals surface area contributed by atoms with E-state index in [1.165, 1.54) is 6.07 Å². The Hall–Kier alpha value is -0.760. The molecule has 0 aromatic heterocycles. The van der Waals surface area contributed by atoms with Crippen molar-refractivity contribution in [3.63, 3.8) is 0 Å². The smallest absolute Gasteiger partial charge is 0.379 e. The lowest BCUT2D eigenvalue weighted by Gasteiger charge is -2.15. The molecule has 0 heterocycles. The van der Waals surface area contributed by atoms with Crippen LogP contribution in [-0.2, 0) is 4.74 Å². The molecule has 0 aromatic carbocycles. The van der Waals surface area contributed by atoms with Gasteiger partial charge in [-0.2, -0.15) is 18.4 Å². The molecule has 5 heteroatoms. The molecule has 0 radical (unpaired) electrons. The number of nitriles is 1. The first-order valence-corrected chi connectivity index (χ1v) is 4.95. The second-order valence-corrected chi connectivity index (χ2v) is 3.65. The molecule has 0 spiro atoms. The van der Waals surface area contributed by atoms with Gasteiger partial charge in [0, 0.05) is 6.61 Å². The fourth-order valence-electron chi connectivity index (χ4n) is 1.17. The second-order valence-electron chi connectivity index (χ2n) is 3.65. The van der Waals surface area contributed by atoms with E-state index in [2.05, 4.69) is 0 Å². The molecular weight excluding hydrogens is 207 g/mol. The summed E-state index contributed by atoms with van der Waals surface area (Å²) in [6, 6.07) is 1.20. The van der Waals surface area contributed by atoms with Crippen molar-refractivity contribution in [2.45, 2.75) is 32.9 Å². The van der Waals surface area contributed by atoms with Crippen molar-refractivity contribution in [1.29, 1.82) is 5.26 Å². The third kappa shape index (κ3) is 6.34. The van der Waals surface area contributed by atoms with Gasteiger partial charge in [0.1, 0.15) is 0 Å². The molecule has 0 saturated carbocycles. The first-order valence-electron chi connectivity index (χ1n) is 4.95. The Morgan fingerprint density at radius 1 is 1.33 bits per heavy atom. The number of nitrogens with zero attached hydrogens (tertiary/aromatic N) is 1. The Morgan fingerprint density at radius 3 is 2.33 bits per heavy atom. The van der Waals surface area contributed by atoms with E-state index in [0.717, 1.165) is 12.8 Å². The van der Waals surface area contributed by atoms with Gasteiger partial charge in [-0.1, -0.05) is 20.3 Å². The first-order chi connectivity index (χ1) is 6.91. The summed E-state index contributed by atoms with van der Waals surface area (Å²) in [6.07, 6.45) is -2.59. The SMILES string of the molecule is CCCC(C)COCC(C#N)C(F)(F)F. The number of halogens is 3. The maximum absolute atomic E-state index is 12.1. The van der Waals surface area contributed by atoms with Crippen LogP contribution in [0.2, 0.25) is 0 Å². The summed E-state index contributed by atoms with van der Waals surface area (Å²) in [5.74, 6) is -1.77. The minimum Gasteiger partial charge on any atom is -0.379 e. The van der Waals surface area contributed by atoms with E-state index in [-0.39, 0.29) is 12.5 Å². The molecule has 0 bridgehead atoms. The highest BCUT2D eigenvalue weighted by molar-refractivity contribution is 4.88. The van der Waals surface area contributed by atoms with Crippen molar-refractivity contribution in [1.82, 2.24) is 0 Å². The summed E-state index contributed by atoms with van der Waals surface area (Å²) in [6.45, 7) is 3.64. The van der Waals surface area contributed by atoms with E-state index < -0.39 is 18.7 Å². The second kappa shape index (κ2) is 6.67. The van der Waals surface area contributed by atoms with Crippen LogP contribution < -0.4 is 0 Å². The van der Waals surface area contributed by atoms with E-state index in [1.54, 1.807) is 0 Å². The van der Waals surface area contributed by atoms with Gasteiger partial charge in [0.15, 0.2) is 5.92 Å². The highest BCUT2D eigenvalue weighted by atomic mass is 19.4. The van der Waals surface area contributed by atoms with Gasteiger partial charge in [-0.05, 0) is 12.3 Å². The molecule has 0 rings (SSSR count). The predicted molar refractivity (Wildman–Crippen MR) is 50.0 cm³/mol. The van der Waals surface area contributed by atoms with Crippen molar-refractivity contribution in [3.8, 4) is 6.07 Å². The highest BCUT2D eigenvalue weighted by Gasteiger charge is 2.40. The molecule has 2 atom stereocenters. The van der Waals surface area contributed by atoms with Crippen LogP contribution in [0.3, 0.4) is 0 Å². The molecule has 0 saturated heterocycles. The first kappa shape index (κ1) is 14.2. The highest BCUT2D eigenvalue weighted by Crippen LogP contribution is 2.25. The molecule has 0 aromatic rings. The summed E-state index contributed by atoms with van der Waals surface area (Å²) >= 11 is 0. The van der Waals surface area contributed by atoms with Crippen LogP contribution in [0.1, 0.15) is 26.7 Å². The number of hydrogen-bond donors (Lipinski definition) is 0. The zero-order valence-corrected chi connectivity index (χ0v) is 8.97. The largest absolute Gasteiger partial charge is 0.406 e. The Bertz CT molecular complexity index is 210. The number of rotatable bonds is 6. The molecule has 0 fully saturated rings. The summed E-state index contributed by atoms with van der Waals surface area (Å²) in [4.78, 5) is 0. The van der Waals surface area contributed by atoms with E-state index in [4.69, 9.17) is 10.00 Å². The van der Waals surface area contributed by atoms with Crippen LogP contribution in [0.15, 0.2) is 0 Å². The van der Waals surface area contributed by atoms with Gasteiger partial charge >= 0.3 is 6.18 Å².